The zero-order chi connectivity index (χ0) is 51.7. The summed E-state index contributed by atoms with van der Waals surface area (Å²) in [4.78, 5) is 43.9. The number of allylic oxidation sites excluding steroid dienone is 10. The molecule has 0 saturated carbocycles. The average Bonchev–Trinajstić information content (AvgIpc) is 3.34. The molecule has 0 aromatic heterocycles. The highest BCUT2D eigenvalue weighted by molar-refractivity contribution is 7.47. The summed E-state index contributed by atoms with van der Waals surface area (Å²) in [5.41, 5.74) is 0. The Morgan fingerprint density at radius 3 is 0.914 bits per heavy atom. The van der Waals surface area contributed by atoms with Gasteiger partial charge in [-0.15, -0.1) is 0 Å². The van der Waals surface area contributed by atoms with Crippen LogP contribution in [0.15, 0.2) is 60.8 Å². The van der Waals surface area contributed by atoms with Crippen LogP contribution in [0.25, 0.3) is 0 Å². The molecule has 70 heavy (non-hydrogen) atoms. The number of hydrogen-bond donors (Lipinski definition) is 5. The summed E-state index contributed by atoms with van der Waals surface area (Å²) in [5.74, 6) is -1.01. The molecular formula is C53H96O15P2. The minimum Gasteiger partial charge on any atom is -0.463 e. The van der Waals surface area contributed by atoms with Crippen molar-refractivity contribution in [3.63, 3.8) is 0 Å². The lowest BCUT2D eigenvalue weighted by Gasteiger charge is -2.19. The van der Waals surface area contributed by atoms with Crippen LogP contribution in [0.2, 0.25) is 0 Å². The van der Waals surface area contributed by atoms with Crippen molar-refractivity contribution in [2.75, 3.05) is 39.6 Å². The van der Waals surface area contributed by atoms with Gasteiger partial charge in [-0.25, -0.2) is 9.13 Å². The van der Waals surface area contributed by atoms with Crippen LogP contribution in [0, 0.1) is 0 Å². The maximum atomic E-state index is 12.2. The van der Waals surface area contributed by atoms with E-state index in [1.54, 1.807) is 0 Å². The zero-order valence-electron chi connectivity index (χ0n) is 43.2. The molecule has 0 rings (SSSR count). The van der Waals surface area contributed by atoms with E-state index in [1.165, 1.54) is 83.5 Å². The van der Waals surface area contributed by atoms with Crippen LogP contribution in [-0.2, 0) is 46.3 Å². The SMILES string of the molecule is CCCCC/C=C\C/C=C\C/C=C\CCCCCCCCC(=O)OCC(O)COP(=O)(O)OCC(O)COP(=O)(O)OCC(O)COC(=O)CCCCCCCCCCC/C=C\C/C=C\CCCCC. The second-order valence-electron chi connectivity index (χ2n) is 17.9. The second-order valence-corrected chi connectivity index (χ2v) is 20.8. The molecule has 0 heterocycles. The molecule has 5 atom stereocenters. The van der Waals surface area contributed by atoms with Crippen LogP contribution in [0.1, 0.15) is 206 Å². The van der Waals surface area contributed by atoms with Gasteiger partial charge in [-0.05, 0) is 83.5 Å². The number of hydrogen-bond acceptors (Lipinski definition) is 13. The van der Waals surface area contributed by atoms with Gasteiger partial charge in [0.15, 0.2) is 0 Å². The first-order valence-corrected chi connectivity index (χ1v) is 29.6. The third-order valence-corrected chi connectivity index (χ3v) is 12.8. The average molecular weight is 1040 g/mol. The van der Waals surface area contributed by atoms with Crippen molar-refractivity contribution in [3.8, 4) is 0 Å². The van der Waals surface area contributed by atoms with Crippen molar-refractivity contribution < 1.29 is 71.4 Å². The van der Waals surface area contributed by atoms with Gasteiger partial charge in [0, 0.05) is 12.8 Å². The van der Waals surface area contributed by atoms with E-state index in [0.29, 0.717) is 12.8 Å². The lowest BCUT2D eigenvalue weighted by atomic mass is 10.1. The Hall–Kier alpha value is -2.26. The largest absolute Gasteiger partial charge is 0.472 e. The molecule has 0 saturated heterocycles. The van der Waals surface area contributed by atoms with E-state index in [1.807, 2.05) is 0 Å². The standard InChI is InChI=1S/C53H96O15P2/c1-3-5-7-9-11-13-15-17-19-21-23-25-27-29-31-33-35-37-39-41-52(57)63-43-49(54)45-65-69(59,60)67-47-51(56)48-68-70(61,62)66-46-50(55)44-64-53(58)42-40-38-36-34-32-30-28-26-24-22-20-18-16-14-12-10-8-6-4-2/h11-14,17-20,23,25,49-51,54-56H,3-10,15-16,21-22,24,26-48H2,1-2H3,(H,59,60)(H,61,62)/b13-11-,14-12-,19-17-,20-18-,25-23-. The molecule has 0 spiro atoms. The number of phosphoric ester groups is 2. The molecule has 0 aliphatic carbocycles. The van der Waals surface area contributed by atoms with E-state index >= 15 is 0 Å². The maximum absolute atomic E-state index is 12.2. The number of carbonyl (C=O) groups excluding carboxylic acids is 2. The Bertz CT molecular complexity index is 1480. The number of phosphoric acid groups is 2. The lowest BCUT2D eigenvalue weighted by molar-refractivity contribution is -0.148. The first kappa shape index (κ1) is 67.7. The van der Waals surface area contributed by atoms with Crippen LogP contribution in [-0.4, -0.2) is 95.0 Å². The van der Waals surface area contributed by atoms with Crippen LogP contribution in [0.5, 0.6) is 0 Å². The molecule has 0 bridgehead atoms. The van der Waals surface area contributed by atoms with Gasteiger partial charge in [0.2, 0.25) is 0 Å². The monoisotopic (exact) mass is 1030 g/mol. The van der Waals surface area contributed by atoms with E-state index in [2.05, 4.69) is 83.7 Å². The van der Waals surface area contributed by atoms with Crippen molar-refractivity contribution in [2.45, 2.75) is 225 Å². The fourth-order valence-corrected chi connectivity index (χ4v) is 8.37. The van der Waals surface area contributed by atoms with E-state index in [9.17, 15) is 43.8 Å². The number of rotatable bonds is 51. The van der Waals surface area contributed by atoms with E-state index in [4.69, 9.17) is 18.5 Å². The van der Waals surface area contributed by atoms with Crippen molar-refractivity contribution >= 4 is 27.6 Å². The Morgan fingerprint density at radius 1 is 0.371 bits per heavy atom. The number of aliphatic hydroxyl groups is 3. The molecule has 0 aromatic rings. The molecule has 5 unspecified atom stereocenters. The first-order valence-electron chi connectivity index (χ1n) is 26.6. The second kappa shape index (κ2) is 49.0. The summed E-state index contributed by atoms with van der Waals surface area (Å²) < 4.78 is 53.1. The number of aliphatic hydroxyl groups excluding tert-OH is 3. The van der Waals surface area contributed by atoms with Gasteiger partial charge in [-0.1, -0.05) is 171 Å². The van der Waals surface area contributed by atoms with Crippen LogP contribution >= 0.6 is 15.6 Å². The van der Waals surface area contributed by atoms with Crippen molar-refractivity contribution in [1.29, 1.82) is 0 Å². The Labute approximate surface area is 422 Å². The van der Waals surface area contributed by atoms with E-state index in [-0.39, 0.29) is 12.8 Å². The molecule has 0 radical (unpaired) electrons. The highest BCUT2D eigenvalue weighted by Gasteiger charge is 2.28. The molecule has 0 amide bonds. The summed E-state index contributed by atoms with van der Waals surface area (Å²) in [7, 11) is -9.59. The number of ether oxygens (including phenoxy) is 2. The van der Waals surface area contributed by atoms with Gasteiger partial charge >= 0.3 is 27.6 Å². The van der Waals surface area contributed by atoms with Crippen molar-refractivity contribution in [2.24, 2.45) is 0 Å². The first-order chi connectivity index (χ1) is 33.8. The molecule has 5 N–H and O–H groups in total. The maximum Gasteiger partial charge on any atom is 0.472 e. The normalized spacial score (nSPS) is 15.4. The molecule has 0 aromatic carbocycles. The number of carbonyl (C=O) groups is 2. The fourth-order valence-electron chi connectivity index (χ4n) is 6.78. The van der Waals surface area contributed by atoms with E-state index in [0.717, 1.165) is 83.5 Å². The Balaban J connectivity index is 3.87. The summed E-state index contributed by atoms with van der Waals surface area (Å²) >= 11 is 0. The fraction of sp³-hybridized carbons (Fsp3) is 0.774. The Morgan fingerprint density at radius 2 is 0.614 bits per heavy atom. The predicted octanol–water partition coefficient (Wildman–Crippen LogP) is 12.9. The highest BCUT2D eigenvalue weighted by Crippen LogP contribution is 2.45. The van der Waals surface area contributed by atoms with Crippen molar-refractivity contribution in [3.05, 3.63) is 60.8 Å². The van der Waals surface area contributed by atoms with Gasteiger partial charge in [0.1, 0.15) is 31.5 Å². The van der Waals surface area contributed by atoms with Gasteiger partial charge in [-0.3, -0.25) is 27.7 Å². The topological polar surface area (TPSA) is 225 Å². The lowest BCUT2D eigenvalue weighted by Crippen LogP contribution is -2.25. The van der Waals surface area contributed by atoms with E-state index < -0.39 is 85.5 Å². The molecular weight excluding hydrogens is 939 g/mol. The summed E-state index contributed by atoms with van der Waals surface area (Å²) in [6.07, 6.45) is 49.1. The summed E-state index contributed by atoms with van der Waals surface area (Å²) in [5, 5.41) is 30.1. The smallest absolute Gasteiger partial charge is 0.463 e. The molecule has 0 aliphatic rings. The molecule has 408 valence electrons. The summed E-state index contributed by atoms with van der Waals surface area (Å²) in [6, 6.07) is 0. The molecule has 15 nitrogen and oxygen atoms in total. The van der Waals surface area contributed by atoms with Crippen LogP contribution in [0.3, 0.4) is 0 Å². The molecule has 17 heteroatoms. The molecule has 0 aliphatic heterocycles. The quantitative estimate of drug-likeness (QED) is 0.0165. The van der Waals surface area contributed by atoms with Gasteiger partial charge < -0.3 is 34.6 Å². The van der Waals surface area contributed by atoms with Crippen LogP contribution < -0.4 is 0 Å². The third kappa shape index (κ3) is 50.7. The zero-order valence-corrected chi connectivity index (χ0v) is 45.0. The Kier molecular flexibility index (Phi) is 47.4. The number of unbranched alkanes of at least 4 members (excludes halogenated alkanes) is 21. The van der Waals surface area contributed by atoms with Crippen molar-refractivity contribution in [1.82, 2.24) is 0 Å². The summed E-state index contributed by atoms with van der Waals surface area (Å²) in [6.45, 7) is 0.366. The molecule has 0 fully saturated rings. The highest BCUT2D eigenvalue weighted by atomic mass is 31.2. The van der Waals surface area contributed by atoms with Crippen LogP contribution in [0.4, 0.5) is 0 Å². The minimum atomic E-state index is -4.79. The minimum absolute atomic E-state index is 0.180. The van der Waals surface area contributed by atoms with Gasteiger partial charge in [0.25, 0.3) is 0 Å². The van der Waals surface area contributed by atoms with Gasteiger partial charge in [-0.2, -0.15) is 0 Å². The third-order valence-electron chi connectivity index (χ3n) is 10.9. The van der Waals surface area contributed by atoms with Gasteiger partial charge in [0.05, 0.1) is 26.4 Å². The predicted molar refractivity (Wildman–Crippen MR) is 279 cm³/mol. The number of esters is 2.